The van der Waals surface area contributed by atoms with Crippen LogP contribution < -0.4 is 10.1 Å². The Labute approximate surface area is 206 Å². The average Bonchev–Trinajstić information content (AvgIpc) is 3.50. The number of carbonyl (C=O) groups is 1. The fraction of sp³-hybridized carbons (Fsp3) is 0.250. The number of methoxy groups -OCH3 is 2. The molecule has 0 saturated heterocycles. The average molecular weight is 496 g/mol. The van der Waals surface area contributed by atoms with Gasteiger partial charge in [0.2, 0.25) is 0 Å². The van der Waals surface area contributed by atoms with E-state index in [0.717, 1.165) is 33.0 Å². The summed E-state index contributed by atoms with van der Waals surface area (Å²) in [7, 11) is 3.25. The number of benzene rings is 2. The second kappa shape index (κ2) is 11.8. The Balaban J connectivity index is 1.56. The minimum Gasteiger partial charge on any atom is -0.495 e. The van der Waals surface area contributed by atoms with Crippen LogP contribution in [0.5, 0.6) is 5.75 Å². The van der Waals surface area contributed by atoms with Crippen molar-refractivity contribution in [2.45, 2.75) is 17.3 Å². The van der Waals surface area contributed by atoms with Crippen LogP contribution in [0.3, 0.4) is 0 Å². The van der Waals surface area contributed by atoms with Crippen molar-refractivity contribution in [2.24, 2.45) is 0 Å². The molecule has 0 bridgehead atoms. The lowest BCUT2D eigenvalue weighted by Gasteiger charge is -2.13. The molecule has 2 aromatic carbocycles. The molecule has 0 saturated carbocycles. The van der Waals surface area contributed by atoms with Crippen molar-refractivity contribution in [3.8, 4) is 11.4 Å². The molecule has 1 N–H and O–H groups in total. The fourth-order valence-electron chi connectivity index (χ4n) is 3.31. The summed E-state index contributed by atoms with van der Waals surface area (Å²) in [6.45, 7) is 0.908. The van der Waals surface area contributed by atoms with E-state index in [1.807, 2.05) is 47.0 Å². The van der Waals surface area contributed by atoms with E-state index in [4.69, 9.17) is 9.47 Å². The van der Waals surface area contributed by atoms with E-state index in [1.165, 1.54) is 23.1 Å². The van der Waals surface area contributed by atoms with Crippen LogP contribution in [0.2, 0.25) is 0 Å². The molecule has 4 aromatic rings. The smallest absolute Gasteiger partial charge is 0.270 e. The zero-order chi connectivity index (χ0) is 23.8. The van der Waals surface area contributed by atoms with Gasteiger partial charge in [0.25, 0.3) is 5.91 Å². The van der Waals surface area contributed by atoms with Gasteiger partial charge in [0, 0.05) is 25.5 Å². The SMILES string of the molecule is COCCNC(=O)c1csc(CSc2nnc(Cc3ccccc3)n2-c2ccccc2OC)n1. The highest BCUT2D eigenvalue weighted by atomic mass is 32.2. The Morgan fingerprint density at radius 1 is 1.09 bits per heavy atom. The third kappa shape index (κ3) is 5.82. The van der Waals surface area contributed by atoms with Gasteiger partial charge in [-0.05, 0) is 17.7 Å². The molecule has 0 atom stereocenters. The van der Waals surface area contributed by atoms with Crippen LogP contribution in [0.4, 0.5) is 0 Å². The van der Waals surface area contributed by atoms with Crippen LogP contribution in [-0.2, 0) is 16.9 Å². The molecule has 0 aliphatic rings. The Morgan fingerprint density at radius 3 is 2.68 bits per heavy atom. The maximum absolute atomic E-state index is 12.2. The Bertz CT molecular complexity index is 1230. The van der Waals surface area contributed by atoms with Gasteiger partial charge < -0.3 is 14.8 Å². The molecule has 0 aliphatic heterocycles. The minimum absolute atomic E-state index is 0.202. The standard InChI is InChI=1S/C24H25N5O3S2/c1-31-13-12-25-23(30)18-15-33-22(26-18)16-34-24-28-27-21(14-17-8-4-3-5-9-17)29(24)19-10-6-7-11-20(19)32-2/h3-11,15H,12-14,16H2,1-2H3,(H,25,30). The first kappa shape index (κ1) is 23.9. The minimum atomic E-state index is -0.202. The molecule has 0 unspecified atom stereocenters. The van der Waals surface area contributed by atoms with Crippen molar-refractivity contribution in [1.29, 1.82) is 0 Å². The van der Waals surface area contributed by atoms with Crippen LogP contribution in [0, 0.1) is 0 Å². The number of para-hydroxylation sites is 2. The molecule has 2 heterocycles. The molecule has 8 nitrogen and oxygen atoms in total. The molecule has 0 radical (unpaired) electrons. The van der Waals surface area contributed by atoms with Gasteiger partial charge in [-0.2, -0.15) is 0 Å². The summed E-state index contributed by atoms with van der Waals surface area (Å²) in [6, 6.07) is 18.0. The van der Waals surface area contributed by atoms with E-state index in [0.29, 0.717) is 31.0 Å². The highest BCUT2D eigenvalue weighted by Crippen LogP contribution is 2.31. The summed E-state index contributed by atoms with van der Waals surface area (Å²) in [4.78, 5) is 16.7. The van der Waals surface area contributed by atoms with Gasteiger partial charge >= 0.3 is 0 Å². The van der Waals surface area contributed by atoms with Crippen molar-refractivity contribution in [3.05, 3.63) is 82.1 Å². The molecule has 0 fully saturated rings. The highest BCUT2D eigenvalue weighted by Gasteiger charge is 2.19. The predicted molar refractivity (Wildman–Crippen MR) is 133 cm³/mol. The van der Waals surface area contributed by atoms with Gasteiger partial charge in [-0.3, -0.25) is 9.36 Å². The molecule has 34 heavy (non-hydrogen) atoms. The van der Waals surface area contributed by atoms with Crippen molar-refractivity contribution in [3.63, 3.8) is 0 Å². The second-order valence-corrected chi connectivity index (χ2v) is 9.12. The molecule has 4 rings (SSSR count). The number of amides is 1. The van der Waals surface area contributed by atoms with Crippen LogP contribution in [-0.4, -0.2) is 53.0 Å². The first-order valence-electron chi connectivity index (χ1n) is 10.7. The molecule has 176 valence electrons. The molecular formula is C24H25N5O3S2. The van der Waals surface area contributed by atoms with E-state index in [2.05, 4.69) is 32.6 Å². The molecule has 2 aromatic heterocycles. The number of rotatable bonds is 11. The van der Waals surface area contributed by atoms with Gasteiger partial charge in [0.1, 0.15) is 22.3 Å². The zero-order valence-electron chi connectivity index (χ0n) is 18.9. The highest BCUT2D eigenvalue weighted by molar-refractivity contribution is 7.98. The maximum Gasteiger partial charge on any atom is 0.270 e. The van der Waals surface area contributed by atoms with E-state index in [1.54, 1.807) is 19.6 Å². The predicted octanol–water partition coefficient (Wildman–Crippen LogP) is 3.99. The monoisotopic (exact) mass is 495 g/mol. The van der Waals surface area contributed by atoms with Crippen LogP contribution >= 0.6 is 23.1 Å². The molecule has 10 heteroatoms. The number of hydrogen-bond acceptors (Lipinski definition) is 8. The van der Waals surface area contributed by atoms with Crippen molar-refractivity contribution < 1.29 is 14.3 Å². The number of thiazole rings is 1. The molecular weight excluding hydrogens is 470 g/mol. The Hall–Kier alpha value is -3.21. The van der Waals surface area contributed by atoms with E-state index in [9.17, 15) is 4.79 Å². The van der Waals surface area contributed by atoms with Gasteiger partial charge in [-0.15, -0.1) is 21.5 Å². The summed E-state index contributed by atoms with van der Waals surface area (Å²) in [5.41, 5.74) is 2.43. The summed E-state index contributed by atoms with van der Waals surface area (Å²) in [6.07, 6.45) is 0.634. The molecule has 0 aliphatic carbocycles. The van der Waals surface area contributed by atoms with Gasteiger partial charge in [-0.25, -0.2) is 4.98 Å². The number of nitrogens with one attached hydrogen (secondary N) is 1. The van der Waals surface area contributed by atoms with Crippen molar-refractivity contribution in [2.75, 3.05) is 27.4 Å². The number of aromatic nitrogens is 4. The number of ether oxygens (including phenoxy) is 2. The zero-order valence-corrected chi connectivity index (χ0v) is 20.6. The van der Waals surface area contributed by atoms with Crippen molar-refractivity contribution in [1.82, 2.24) is 25.1 Å². The number of nitrogens with zero attached hydrogens (tertiary/aromatic N) is 4. The van der Waals surface area contributed by atoms with Crippen LogP contribution in [0.25, 0.3) is 5.69 Å². The Morgan fingerprint density at radius 2 is 1.88 bits per heavy atom. The summed E-state index contributed by atoms with van der Waals surface area (Å²) in [5, 5.41) is 15.1. The lowest BCUT2D eigenvalue weighted by Crippen LogP contribution is -2.27. The Kier molecular flexibility index (Phi) is 8.29. The normalized spacial score (nSPS) is 10.9. The van der Waals surface area contributed by atoms with E-state index in [-0.39, 0.29) is 5.91 Å². The van der Waals surface area contributed by atoms with E-state index < -0.39 is 0 Å². The summed E-state index contributed by atoms with van der Waals surface area (Å²) in [5.74, 6) is 1.92. The second-order valence-electron chi connectivity index (χ2n) is 7.23. The largest absolute Gasteiger partial charge is 0.495 e. The third-order valence-corrected chi connectivity index (χ3v) is 6.90. The van der Waals surface area contributed by atoms with Crippen LogP contribution in [0.1, 0.15) is 26.9 Å². The van der Waals surface area contributed by atoms with Gasteiger partial charge in [0.05, 0.1) is 25.2 Å². The van der Waals surface area contributed by atoms with Crippen LogP contribution in [0.15, 0.2) is 65.1 Å². The lowest BCUT2D eigenvalue weighted by molar-refractivity contribution is 0.0932. The third-order valence-electron chi connectivity index (χ3n) is 4.93. The molecule has 1 amide bonds. The molecule has 0 spiro atoms. The summed E-state index contributed by atoms with van der Waals surface area (Å²) < 4.78 is 12.6. The number of hydrogen-bond donors (Lipinski definition) is 1. The number of thioether (sulfide) groups is 1. The van der Waals surface area contributed by atoms with Gasteiger partial charge in [-0.1, -0.05) is 54.2 Å². The fourth-order valence-corrected chi connectivity index (χ4v) is 5.06. The van der Waals surface area contributed by atoms with Crippen molar-refractivity contribution >= 4 is 29.0 Å². The first-order valence-corrected chi connectivity index (χ1v) is 12.5. The quantitative estimate of drug-likeness (QED) is 0.248. The number of carbonyl (C=O) groups excluding carboxylic acids is 1. The summed E-state index contributed by atoms with van der Waals surface area (Å²) >= 11 is 2.97. The topological polar surface area (TPSA) is 91.2 Å². The van der Waals surface area contributed by atoms with E-state index >= 15 is 0 Å². The maximum atomic E-state index is 12.2. The first-order chi connectivity index (χ1) is 16.7. The van der Waals surface area contributed by atoms with Gasteiger partial charge in [0.15, 0.2) is 5.16 Å². The lowest BCUT2D eigenvalue weighted by atomic mass is 10.1.